The van der Waals surface area contributed by atoms with Gasteiger partial charge in [-0.1, -0.05) is 30.3 Å². The normalized spacial score (nSPS) is 13.9. The van der Waals surface area contributed by atoms with Gasteiger partial charge in [0.25, 0.3) is 5.84 Å². The zero-order valence-corrected chi connectivity index (χ0v) is 10.8. The van der Waals surface area contributed by atoms with Crippen molar-refractivity contribution in [3.63, 3.8) is 0 Å². The van der Waals surface area contributed by atoms with E-state index in [2.05, 4.69) is 44.8 Å². The molecule has 2 nitrogen and oxygen atoms in total. The van der Waals surface area contributed by atoms with Crippen molar-refractivity contribution in [2.75, 3.05) is 0 Å². The van der Waals surface area contributed by atoms with E-state index in [1.807, 2.05) is 24.3 Å². The van der Waals surface area contributed by atoms with Crippen LogP contribution in [0.15, 0.2) is 53.0 Å². The van der Waals surface area contributed by atoms with Crippen molar-refractivity contribution in [3.05, 3.63) is 64.1 Å². The van der Waals surface area contributed by atoms with Gasteiger partial charge in [0.1, 0.15) is 12.2 Å². The Morgan fingerprint density at radius 1 is 1.00 bits per heavy atom. The van der Waals surface area contributed by atoms with Crippen LogP contribution in [0.5, 0.6) is 0 Å². The number of hydrogen-bond acceptors (Lipinski definition) is 1. The molecule has 0 atom stereocenters. The van der Waals surface area contributed by atoms with Gasteiger partial charge < -0.3 is 0 Å². The third-order valence-electron chi connectivity index (χ3n) is 3.06. The number of amidine groups is 1. The highest BCUT2D eigenvalue weighted by Crippen LogP contribution is 2.29. The highest BCUT2D eigenvalue weighted by atomic mass is 79.9. The molecule has 0 spiro atoms. The molecule has 1 aliphatic rings. The summed E-state index contributed by atoms with van der Waals surface area (Å²) in [6.07, 6.45) is 0. The van der Waals surface area contributed by atoms with Crippen LogP contribution in [0.2, 0.25) is 0 Å². The molecule has 2 N–H and O–H groups in total. The summed E-state index contributed by atoms with van der Waals surface area (Å²) in [5.41, 5.74) is 9.75. The van der Waals surface area contributed by atoms with Gasteiger partial charge in [-0.3, -0.25) is 5.73 Å². The van der Waals surface area contributed by atoms with Gasteiger partial charge in [0, 0.05) is 5.56 Å². The van der Waals surface area contributed by atoms with Crippen molar-refractivity contribution in [2.24, 2.45) is 5.73 Å². The van der Waals surface area contributed by atoms with E-state index < -0.39 is 0 Å². The number of nitrogens with two attached hydrogens (primary N) is 1. The number of nitrogens with zero attached hydrogens (tertiary/aromatic N) is 1. The first-order valence-corrected chi connectivity index (χ1v) is 6.29. The fourth-order valence-electron chi connectivity index (χ4n) is 2.19. The minimum Gasteiger partial charge on any atom is -0.286 e. The van der Waals surface area contributed by atoms with E-state index in [1.165, 1.54) is 5.56 Å². The molecule has 3 heteroatoms. The van der Waals surface area contributed by atoms with E-state index in [0.29, 0.717) is 0 Å². The van der Waals surface area contributed by atoms with Crippen LogP contribution < -0.4 is 5.73 Å². The average Bonchev–Trinajstić information content (AvgIpc) is 2.68. The summed E-state index contributed by atoms with van der Waals surface area (Å²) in [6.45, 7) is 0.838. The Hall–Kier alpha value is -1.61. The van der Waals surface area contributed by atoms with Crippen LogP contribution in [0.1, 0.15) is 11.1 Å². The van der Waals surface area contributed by atoms with Crippen LogP contribution in [0.4, 0.5) is 5.69 Å². The molecule has 0 aromatic heterocycles. The smallest absolute Gasteiger partial charge is 0.280 e. The Bertz CT molecular complexity index is 617. The van der Waals surface area contributed by atoms with E-state index in [4.69, 9.17) is 5.73 Å². The second-order valence-corrected chi connectivity index (χ2v) is 4.93. The van der Waals surface area contributed by atoms with Crippen LogP contribution >= 0.6 is 15.9 Å². The molecule has 0 bridgehead atoms. The lowest BCUT2D eigenvalue weighted by Gasteiger charge is -2.04. The van der Waals surface area contributed by atoms with Gasteiger partial charge in [-0.2, -0.15) is 0 Å². The predicted molar refractivity (Wildman–Crippen MR) is 72.5 cm³/mol. The van der Waals surface area contributed by atoms with E-state index in [9.17, 15) is 0 Å². The maximum atomic E-state index is 6.21. The highest BCUT2D eigenvalue weighted by Gasteiger charge is 2.26. The van der Waals surface area contributed by atoms with E-state index in [1.54, 1.807) is 0 Å². The van der Waals surface area contributed by atoms with Crippen LogP contribution in [0.25, 0.3) is 0 Å². The molecule has 0 radical (unpaired) electrons. The quantitative estimate of drug-likeness (QED) is 0.803. The minimum absolute atomic E-state index is 0.826. The van der Waals surface area contributed by atoms with Crippen molar-refractivity contribution in [2.45, 2.75) is 6.54 Å². The maximum absolute atomic E-state index is 6.21. The van der Waals surface area contributed by atoms with Crippen molar-refractivity contribution in [1.29, 1.82) is 0 Å². The lowest BCUT2D eigenvalue weighted by atomic mass is 10.1. The number of rotatable bonds is 1. The maximum Gasteiger partial charge on any atom is 0.280 e. The SMILES string of the molecule is NC1=[N+](c2ccccc2Br)Cc2ccccc21. The fourth-order valence-corrected chi connectivity index (χ4v) is 2.69. The molecule has 2 aromatic rings. The molecule has 0 saturated heterocycles. The molecule has 84 valence electrons. The fraction of sp³-hybridized carbons (Fsp3) is 0.0714. The second kappa shape index (κ2) is 4.00. The lowest BCUT2D eigenvalue weighted by Crippen LogP contribution is -2.20. The average molecular weight is 288 g/mol. The third-order valence-corrected chi connectivity index (χ3v) is 3.73. The number of fused-ring (bicyclic) bond motifs is 1. The molecule has 0 aliphatic carbocycles. The molecule has 1 aliphatic heterocycles. The summed E-state index contributed by atoms with van der Waals surface area (Å²) in [5, 5.41) is 0. The zero-order valence-electron chi connectivity index (χ0n) is 9.23. The number of para-hydroxylation sites is 1. The Morgan fingerprint density at radius 2 is 1.71 bits per heavy atom. The Kier molecular flexibility index (Phi) is 2.48. The zero-order chi connectivity index (χ0) is 11.8. The summed E-state index contributed by atoms with van der Waals surface area (Å²) in [5.74, 6) is 0.826. The van der Waals surface area contributed by atoms with Crippen LogP contribution in [-0.4, -0.2) is 10.4 Å². The lowest BCUT2D eigenvalue weighted by molar-refractivity contribution is -0.453. The molecule has 0 saturated carbocycles. The molecule has 1 heterocycles. The Morgan fingerprint density at radius 3 is 2.47 bits per heavy atom. The monoisotopic (exact) mass is 287 g/mol. The minimum atomic E-state index is 0.826. The molecule has 0 fully saturated rings. The van der Waals surface area contributed by atoms with Crippen LogP contribution in [0.3, 0.4) is 0 Å². The van der Waals surface area contributed by atoms with Gasteiger partial charge in [-0.05, 0) is 34.1 Å². The Balaban J connectivity index is 2.15. The molecular weight excluding hydrogens is 276 g/mol. The standard InChI is InChI=1S/C14H11BrN2/c15-12-7-3-4-8-13(12)17-9-10-5-1-2-6-11(10)14(17)16/h1-8,16H,9H2/p+1. The molecule has 3 rings (SSSR count). The van der Waals surface area contributed by atoms with E-state index >= 15 is 0 Å². The van der Waals surface area contributed by atoms with E-state index in [0.717, 1.165) is 28.1 Å². The first-order valence-electron chi connectivity index (χ1n) is 5.50. The largest absolute Gasteiger partial charge is 0.286 e. The summed E-state index contributed by atoms with van der Waals surface area (Å²) in [6, 6.07) is 16.4. The summed E-state index contributed by atoms with van der Waals surface area (Å²) in [7, 11) is 0. The Labute approximate surface area is 109 Å². The summed E-state index contributed by atoms with van der Waals surface area (Å²) < 4.78 is 3.20. The van der Waals surface area contributed by atoms with Crippen LogP contribution in [0, 0.1) is 0 Å². The predicted octanol–water partition coefficient (Wildman–Crippen LogP) is 3.01. The van der Waals surface area contributed by atoms with Crippen LogP contribution in [-0.2, 0) is 6.54 Å². The number of benzene rings is 2. The summed E-state index contributed by atoms with van der Waals surface area (Å²) >= 11 is 3.57. The first-order chi connectivity index (χ1) is 8.27. The molecular formula is C14H12BrN2+. The first kappa shape index (κ1) is 10.5. The third kappa shape index (κ3) is 1.67. The van der Waals surface area contributed by atoms with Crippen molar-refractivity contribution in [1.82, 2.24) is 0 Å². The highest BCUT2D eigenvalue weighted by molar-refractivity contribution is 9.10. The molecule has 17 heavy (non-hydrogen) atoms. The van der Waals surface area contributed by atoms with Gasteiger partial charge in [-0.15, -0.1) is 0 Å². The molecule has 0 unspecified atom stereocenters. The number of halogens is 1. The molecule has 2 aromatic carbocycles. The van der Waals surface area contributed by atoms with Gasteiger partial charge in [0.05, 0.1) is 10.0 Å². The second-order valence-electron chi connectivity index (χ2n) is 4.08. The molecule has 0 amide bonds. The topological polar surface area (TPSA) is 29.0 Å². The van der Waals surface area contributed by atoms with Gasteiger partial charge in [0.2, 0.25) is 0 Å². The van der Waals surface area contributed by atoms with Crippen molar-refractivity contribution >= 4 is 27.5 Å². The number of hydrogen-bond donors (Lipinski definition) is 1. The van der Waals surface area contributed by atoms with Crippen molar-refractivity contribution in [3.8, 4) is 0 Å². The van der Waals surface area contributed by atoms with E-state index in [-0.39, 0.29) is 0 Å². The van der Waals surface area contributed by atoms with Crippen molar-refractivity contribution < 1.29 is 4.58 Å². The van der Waals surface area contributed by atoms with Gasteiger partial charge >= 0.3 is 0 Å². The van der Waals surface area contributed by atoms with Gasteiger partial charge in [0.15, 0.2) is 0 Å². The van der Waals surface area contributed by atoms with Gasteiger partial charge in [-0.25, -0.2) is 4.58 Å². The summed E-state index contributed by atoms with van der Waals surface area (Å²) in [4.78, 5) is 0.